The van der Waals surface area contributed by atoms with E-state index in [0.717, 1.165) is 133 Å². The van der Waals surface area contributed by atoms with Crippen LogP contribution in [-0.2, 0) is 19.3 Å². The van der Waals surface area contributed by atoms with Crippen molar-refractivity contribution < 1.29 is 19.4 Å². The standard InChI is InChI=1S/C33H44N2O2S.C26H39ClN2O.C20H28N2O.C6H12BrCl/c1-2-3-4-5-6-7-8-12-17-28-26-34-32(35-27-28)29-20-22-31(23-21-29)37-24-15-9-10-16-25-38-33(36)30-18-13-11-14-19-30;1-2-3-4-5-6-7-8-11-14-23-21-28-26(29-22-23)24-15-17-25(18-16-24)30-20-13-10-9-12-19-27;1-2-3-4-5-6-7-8-9-10-17-15-21-20(22-16-17)18-11-13-19(23)14-12-18;7-5-3-1-2-4-6-8/h11,13-14,18-23,26-27H,2-10,12,15-17,24-25H2,1H3;15-18,21-22H,2-14,19-20H2,1H3;11-16,23H,2-10H2,1H3;1-6H2. The first-order chi connectivity index (χ1) is 48.8. The van der Waals surface area contributed by atoms with Crippen LogP contribution in [0.25, 0.3) is 34.2 Å². The number of carbonyl (C=O) groups excluding carboxylic acids is 1. The molecule has 0 saturated heterocycles. The molecule has 0 aliphatic heterocycles. The largest absolute Gasteiger partial charge is 0.508 e. The molecule has 0 aliphatic rings. The van der Waals surface area contributed by atoms with Crippen molar-refractivity contribution in [3.63, 3.8) is 0 Å². The van der Waals surface area contributed by atoms with E-state index in [4.69, 9.17) is 32.7 Å². The van der Waals surface area contributed by atoms with Gasteiger partial charge in [-0.05, 0) is 167 Å². The van der Waals surface area contributed by atoms with E-state index in [0.29, 0.717) is 12.4 Å². The van der Waals surface area contributed by atoms with Crippen molar-refractivity contribution in [1.29, 1.82) is 0 Å². The lowest BCUT2D eigenvalue weighted by Crippen LogP contribution is -1.98. The third-order valence-electron chi connectivity index (χ3n) is 17.3. The lowest BCUT2D eigenvalue weighted by molar-refractivity contribution is 0.108. The fraction of sp³-hybridized carbons (Fsp3) is 0.565. The van der Waals surface area contributed by atoms with Crippen molar-refractivity contribution in [2.75, 3.05) is 36.1 Å². The van der Waals surface area contributed by atoms with E-state index in [1.54, 1.807) is 12.1 Å². The minimum Gasteiger partial charge on any atom is -0.508 e. The Bertz CT molecular complexity index is 2960. The van der Waals surface area contributed by atoms with Crippen molar-refractivity contribution in [3.8, 4) is 51.4 Å². The molecule has 0 fully saturated rings. The number of thioether (sulfide) groups is 1. The number of aromatic hydroxyl groups is 1. The summed E-state index contributed by atoms with van der Waals surface area (Å²) in [6, 6.07) is 32.6. The predicted octanol–water partition coefficient (Wildman–Crippen LogP) is 26.1. The van der Waals surface area contributed by atoms with E-state index < -0.39 is 0 Å². The van der Waals surface area contributed by atoms with Gasteiger partial charge in [0, 0.05) is 82.3 Å². The molecule has 10 nitrogen and oxygen atoms in total. The molecule has 7 rings (SSSR count). The number of benzene rings is 4. The molecule has 7 aromatic rings. The van der Waals surface area contributed by atoms with Gasteiger partial charge in [0.05, 0.1) is 13.2 Å². The number of halogens is 3. The van der Waals surface area contributed by atoms with Crippen LogP contribution in [0, 0.1) is 0 Å². The lowest BCUT2D eigenvalue weighted by atomic mass is 10.1. The van der Waals surface area contributed by atoms with E-state index in [-0.39, 0.29) is 10.9 Å². The van der Waals surface area contributed by atoms with Gasteiger partial charge in [0.25, 0.3) is 0 Å². The molecule has 544 valence electrons. The third-order valence-corrected chi connectivity index (χ3v) is 19.4. The van der Waals surface area contributed by atoms with Gasteiger partial charge in [-0.3, -0.25) is 4.79 Å². The fourth-order valence-corrected chi connectivity index (χ4v) is 12.8. The average molecular weight is 1480 g/mol. The van der Waals surface area contributed by atoms with Crippen LogP contribution in [0.1, 0.15) is 279 Å². The summed E-state index contributed by atoms with van der Waals surface area (Å²) in [6.45, 7) is 8.26. The second-order valence-corrected chi connectivity index (χ2v) is 28.6. The zero-order valence-corrected chi connectivity index (χ0v) is 64.9. The summed E-state index contributed by atoms with van der Waals surface area (Å²) in [6.07, 6.45) is 61.0. The SMILES string of the molecule is CCCCCCCCCCc1cnc(-c2ccc(O)cc2)nc1.CCCCCCCCCCc1cnc(-c2ccc(OCCCCCCCl)cc2)nc1.CCCCCCCCCCc1cnc(-c2ccc(OCCCCCCSC(=O)c3ccccc3)cc2)nc1.ClCCCCCCBr. The highest BCUT2D eigenvalue weighted by atomic mass is 79.9. The van der Waals surface area contributed by atoms with E-state index in [9.17, 15) is 9.90 Å². The zero-order chi connectivity index (χ0) is 70.5. The van der Waals surface area contributed by atoms with Crippen LogP contribution in [0.3, 0.4) is 0 Å². The van der Waals surface area contributed by atoms with Gasteiger partial charge in [-0.15, -0.1) is 23.2 Å². The number of phenolic OH excluding ortho intramolecular Hbond substituents is 1. The number of unbranched alkanes of at least 4 members (excludes halogenated alkanes) is 30. The van der Waals surface area contributed by atoms with Crippen LogP contribution >= 0.6 is 50.9 Å². The van der Waals surface area contributed by atoms with Crippen LogP contribution in [0.4, 0.5) is 0 Å². The highest BCUT2D eigenvalue weighted by Crippen LogP contribution is 2.24. The number of phenols is 1. The van der Waals surface area contributed by atoms with Crippen LogP contribution in [0.15, 0.2) is 140 Å². The van der Waals surface area contributed by atoms with E-state index in [2.05, 4.69) is 66.6 Å². The molecule has 0 saturated carbocycles. The van der Waals surface area contributed by atoms with Gasteiger partial charge in [0.15, 0.2) is 17.5 Å². The minimum absolute atomic E-state index is 0.164. The summed E-state index contributed by atoms with van der Waals surface area (Å²) in [7, 11) is 0. The van der Waals surface area contributed by atoms with Crippen molar-refractivity contribution in [1.82, 2.24) is 29.9 Å². The van der Waals surface area contributed by atoms with Gasteiger partial charge >= 0.3 is 0 Å². The Labute approximate surface area is 622 Å². The second kappa shape index (κ2) is 60.2. The van der Waals surface area contributed by atoms with Crippen molar-refractivity contribution in [3.05, 3.63) is 163 Å². The Morgan fingerprint density at radius 1 is 0.374 bits per heavy atom. The molecule has 0 radical (unpaired) electrons. The lowest BCUT2D eigenvalue weighted by Gasteiger charge is -2.07. The normalized spacial score (nSPS) is 10.8. The maximum absolute atomic E-state index is 12.1. The third kappa shape index (κ3) is 43.2. The molecular weight excluding hydrogens is 1350 g/mol. The Morgan fingerprint density at radius 3 is 1.02 bits per heavy atom. The monoisotopic (exact) mass is 1470 g/mol. The Balaban J connectivity index is 0.000000306. The number of hydrogen-bond donors (Lipinski definition) is 1. The number of nitrogens with zero attached hydrogens (tertiary/aromatic N) is 6. The molecular formula is C85H123BrCl2N6O4S. The van der Waals surface area contributed by atoms with Crippen molar-refractivity contribution in [2.24, 2.45) is 0 Å². The molecule has 0 bridgehead atoms. The molecule has 99 heavy (non-hydrogen) atoms. The first kappa shape index (κ1) is 86.0. The highest BCUT2D eigenvalue weighted by molar-refractivity contribution is 9.09. The van der Waals surface area contributed by atoms with Crippen LogP contribution in [0.5, 0.6) is 17.2 Å². The number of aryl methyl sites for hydroxylation is 3. The first-order valence-corrected chi connectivity index (χ1v) is 41.6. The number of hydrogen-bond acceptors (Lipinski definition) is 11. The van der Waals surface area contributed by atoms with E-state index in [1.807, 2.05) is 128 Å². The molecule has 3 aromatic heterocycles. The van der Waals surface area contributed by atoms with Gasteiger partial charge in [-0.25, -0.2) is 29.9 Å². The zero-order valence-electron chi connectivity index (χ0n) is 61.0. The Morgan fingerprint density at radius 2 is 0.677 bits per heavy atom. The summed E-state index contributed by atoms with van der Waals surface area (Å²) >= 11 is 15.9. The molecule has 0 amide bonds. The number of ether oxygens (including phenoxy) is 2. The quantitative estimate of drug-likeness (QED) is 0.0289. The number of rotatable bonds is 51. The van der Waals surface area contributed by atoms with Crippen LogP contribution < -0.4 is 9.47 Å². The topological polar surface area (TPSA) is 133 Å². The highest BCUT2D eigenvalue weighted by Gasteiger charge is 2.09. The van der Waals surface area contributed by atoms with Gasteiger partial charge < -0.3 is 14.6 Å². The molecule has 0 atom stereocenters. The van der Waals surface area contributed by atoms with Crippen molar-refractivity contribution >= 4 is 56.0 Å². The van der Waals surface area contributed by atoms with Crippen LogP contribution in [-0.4, -0.2) is 76.2 Å². The van der Waals surface area contributed by atoms with Crippen LogP contribution in [0.2, 0.25) is 0 Å². The smallest absolute Gasteiger partial charge is 0.219 e. The fourth-order valence-electron chi connectivity index (χ4n) is 11.2. The molecule has 3 heterocycles. The summed E-state index contributed by atoms with van der Waals surface area (Å²) in [5.41, 5.74) is 7.43. The van der Waals surface area contributed by atoms with Gasteiger partial charge in [-0.1, -0.05) is 252 Å². The minimum atomic E-state index is 0.164. The van der Waals surface area contributed by atoms with E-state index >= 15 is 0 Å². The molecule has 0 spiro atoms. The molecule has 0 aliphatic carbocycles. The van der Waals surface area contributed by atoms with Gasteiger partial charge in [0.1, 0.15) is 17.2 Å². The number of aromatic nitrogens is 6. The predicted molar refractivity (Wildman–Crippen MR) is 428 cm³/mol. The Hall–Kier alpha value is -5.40. The molecule has 4 aromatic carbocycles. The summed E-state index contributed by atoms with van der Waals surface area (Å²) < 4.78 is 11.7. The average Bonchev–Trinajstić information content (AvgIpc) is 1.12. The molecule has 14 heteroatoms. The van der Waals surface area contributed by atoms with Gasteiger partial charge in [-0.2, -0.15) is 0 Å². The number of carbonyl (C=O) groups is 1. The summed E-state index contributed by atoms with van der Waals surface area (Å²) in [4.78, 5) is 39.3. The van der Waals surface area contributed by atoms with E-state index in [1.165, 1.54) is 221 Å². The van der Waals surface area contributed by atoms with Gasteiger partial charge in [0.2, 0.25) is 5.12 Å². The maximum Gasteiger partial charge on any atom is 0.219 e. The Kier molecular flexibility index (Phi) is 52.3. The second-order valence-electron chi connectivity index (χ2n) is 26.0. The van der Waals surface area contributed by atoms with Crippen molar-refractivity contribution in [2.45, 2.75) is 271 Å². The first-order valence-electron chi connectivity index (χ1n) is 38.4. The molecule has 1 N–H and O–H groups in total. The number of alkyl halides is 3. The summed E-state index contributed by atoms with van der Waals surface area (Å²) in [5, 5.41) is 10.6. The molecule has 0 unspecified atom stereocenters. The summed E-state index contributed by atoms with van der Waals surface area (Å²) in [5.74, 6) is 6.75. The maximum atomic E-state index is 12.1.